The zero-order valence-electron chi connectivity index (χ0n) is 12.0. The Hall–Kier alpha value is -1.03. The Morgan fingerprint density at radius 3 is 2.30 bits per heavy atom. The Balaban J connectivity index is 2.05. The molecule has 112 valence electrons. The van der Waals surface area contributed by atoms with Gasteiger partial charge in [-0.25, -0.2) is 0 Å². The van der Waals surface area contributed by atoms with Gasteiger partial charge >= 0.3 is 6.18 Å². The summed E-state index contributed by atoms with van der Waals surface area (Å²) in [6.45, 7) is 3.94. The second kappa shape index (κ2) is 6.17. The second-order valence-corrected chi connectivity index (χ2v) is 5.84. The average Bonchev–Trinajstić information content (AvgIpc) is 2.38. The summed E-state index contributed by atoms with van der Waals surface area (Å²) in [5.74, 6) is -1.20. The van der Waals surface area contributed by atoms with Gasteiger partial charge in [-0.15, -0.1) is 0 Å². The molecule has 1 aromatic rings. The topological polar surface area (TPSA) is 12.0 Å². The normalized spacial score (nSPS) is 25.4. The maximum absolute atomic E-state index is 13.1. The fraction of sp³-hybridized carbons (Fsp3) is 0.625. The number of nitrogens with one attached hydrogen (secondary N) is 1. The molecule has 1 N–H and O–H groups in total. The standard InChI is InChI=1S/C16H22F3N/c1-11-7-9-13(10-8-11)12(2)20-15-6-4-3-5-14(15)16(17,18)19/h7-10,12,14-15,20H,3-6H2,1-2H3/t12-,14?,15?/m0/s1. The lowest BCUT2D eigenvalue weighted by molar-refractivity contribution is -0.189. The highest BCUT2D eigenvalue weighted by Crippen LogP contribution is 2.38. The van der Waals surface area contributed by atoms with Gasteiger partial charge in [0.1, 0.15) is 0 Å². The number of hydrogen-bond donors (Lipinski definition) is 1. The first kappa shape index (κ1) is 15.4. The highest BCUT2D eigenvalue weighted by atomic mass is 19.4. The minimum Gasteiger partial charge on any atom is -0.307 e. The van der Waals surface area contributed by atoms with E-state index in [0.717, 1.165) is 17.5 Å². The van der Waals surface area contributed by atoms with Crippen LogP contribution in [-0.4, -0.2) is 12.2 Å². The second-order valence-electron chi connectivity index (χ2n) is 5.84. The first-order valence-electron chi connectivity index (χ1n) is 7.27. The van der Waals surface area contributed by atoms with Crippen molar-refractivity contribution < 1.29 is 13.2 Å². The van der Waals surface area contributed by atoms with Crippen molar-refractivity contribution in [2.24, 2.45) is 5.92 Å². The Kier molecular flexibility index (Phi) is 4.74. The van der Waals surface area contributed by atoms with E-state index in [1.165, 1.54) is 0 Å². The molecule has 0 saturated heterocycles. The van der Waals surface area contributed by atoms with Gasteiger partial charge in [0, 0.05) is 12.1 Å². The lowest BCUT2D eigenvalue weighted by Crippen LogP contribution is -2.46. The van der Waals surface area contributed by atoms with Crippen molar-refractivity contribution >= 4 is 0 Å². The molecule has 2 rings (SSSR count). The predicted octanol–water partition coefficient (Wildman–Crippen LogP) is 4.77. The summed E-state index contributed by atoms with van der Waals surface area (Å²) in [5, 5.41) is 3.19. The van der Waals surface area contributed by atoms with Crippen LogP contribution in [0, 0.1) is 12.8 Å². The van der Waals surface area contributed by atoms with Gasteiger partial charge in [0.2, 0.25) is 0 Å². The quantitative estimate of drug-likeness (QED) is 0.843. The molecule has 4 heteroatoms. The summed E-state index contributed by atoms with van der Waals surface area (Å²) >= 11 is 0. The molecule has 0 amide bonds. The van der Waals surface area contributed by atoms with Gasteiger partial charge in [0.25, 0.3) is 0 Å². The van der Waals surface area contributed by atoms with Crippen LogP contribution in [0.2, 0.25) is 0 Å². The fourth-order valence-electron chi connectivity index (χ4n) is 2.99. The zero-order valence-corrected chi connectivity index (χ0v) is 12.0. The van der Waals surface area contributed by atoms with E-state index >= 15 is 0 Å². The van der Waals surface area contributed by atoms with Crippen molar-refractivity contribution in [2.75, 3.05) is 0 Å². The highest BCUT2D eigenvalue weighted by molar-refractivity contribution is 5.23. The minimum atomic E-state index is -4.09. The van der Waals surface area contributed by atoms with Gasteiger partial charge in [0.15, 0.2) is 0 Å². The molecule has 1 aliphatic rings. The van der Waals surface area contributed by atoms with Gasteiger partial charge in [0.05, 0.1) is 5.92 Å². The molecule has 0 spiro atoms. The van der Waals surface area contributed by atoms with E-state index in [-0.39, 0.29) is 12.5 Å². The molecule has 1 saturated carbocycles. The smallest absolute Gasteiger partial charge is 0.307 e. The van der Waals surface area contributed by atoms with Crippen LogP contribution in [0.5, 0.6) is 0 Å². The molecule has 1 fully saturated rings. The molecule has 0 bridgehead atoms. The molecular formula is C16H22F3N. The third kappa shape index (κ3) is 3.75. The summed E-state index contributed by atoms with van der Waals surface area (Å²) in [7, 11) is 0. The number of benzene rings is 1. The zero-order chi connectivity index (χ0) is 14.8. The average molecular weight is 285 g/mol. The van der Waals surface area contributed by atoms with E-state index < -0.39 is 18.1 Å². The van der Waals surface area contributed by atoms with Crippen LogP contribution >= 0.6 is 0 Å². The monoisotopic (exact) mass is 285 g/mol. The van der Waals surface area contributed by atoms with Crippen LogP contribution in [0.15, 0.2) is 24.3 Å². The van der Waals surface area contributed by atoms with Crippen molar-refractivity contribution in [3.63, 3.8) is 0 Å². The van der Waals surface area contributed by atoms with Crippen LogP contribution in [0.3, 0.4) is 0 Å². The maximum Gasteiger partial charge on any atom is 0.393 e. The summed E-state index contributed by atoms with van der Waals surface area (Å²) in [5.41, 5.74) is 2.20. The summed E-state index contributed by atoms with van der Waals surface area (Å²) in [6, 6.07) is 7.45. The molecule has 0 heterocycles. The molecule has 0 aromatic heterocycles. The van der Waals surface area contributed by atoms with Crippen molar-refractivity contribution in [1.82, 2.24) is 5.32 Å². The fourth-order valence-corrected chi connectivity index (χ4v) is 2.99. The molecule has 2 unspecified atom stereocenters. The van der Waals surface area contributed by atoms with Gasteiger partial charge in [-0.1, -0.05) is 42.7 Å². The van der Waals surface area contributed by atoms with Crippen molar-refractivity contribution in [1.29, 1.82) is 0 Å². The summed E-state index contributed by atoms with van der Waals surface area (Å²) < 4.78 is 39.2. The Labute approximate surface area is 118 Å². The number of rotatable bonds is 3. The molecule has 1 aliphatic carbocycles. The first-order chi connectivity index (χ1) is 9.38. The van der Waals surface area contributed by atoms with E-state index in [9.17, 15) is 13.2 Å². The van der Waals surface area contributed by atoms with Gasteiger partial charge in [-0.05, 0) is 32.3 Å². The Bertz CT molecular complexity index is 424. The van der Waals surface area contributed by atoms with E-state index in [1.807, 2.05) is 38.1 Å². The van der Waals surface area contributed by atoms with Crippen molar-refractivity contribution in [3.05, 3.63) is 35.4 Å². The van der Waals surface area contributed by atoms with Gasteiger partial charge < -0.3 is 5.32 Å². The molecular weight excluding hydrogens is 263 g/mol. The molecule has 3 atom stereocenters. The molecule has 20 heavy (non-hydrogen) atoms. The lowest BCUT2D eigenvalue weighted by Gasteiger charge is -2.35. The Morgan fingerprint density at radius 2 is 1.70 bits per heavy atom. The third-order valence-corrected chi connectivity index (χ3v) is 4.23. The van der Waals surface area contributed by atoms with E-state index in [2.05, 4.69) is 5.32 Å². The predicted molar refractivity (Wildman–Crippen MR) is 74.5 cm³/mol. The summed E-state index contributed by atoms with van der Waals surface area (Å²) in [4.78, 5) is 0. The highest BCUT2D eigenvalue weighted by Gasteiger charge is 2.45. The number of hydrogen-bond acceptors (Lipinski definition) is 1. The van der Waals surface area contributed by atoms with Gasteiger partial charge in [-0.3, -0.25) is 0 Å². The van der Waals surface area contributed by atoms with Crippen molar-refractivity contribution in [3.8, 4) is 0 Å². The first-order valence-corrected chi connectivity index (χ1v) is 7.27. The van der Waals surface area contributed by atoms with Crippen LogP contribution in [0.4, 0.5) is 13.2 Å². The molecule has 1 nitrogen and oxygen atoms in total. The Morgan fingerprint density at radius 1 is 1.10 bits per heavy atom. The number of aryl methyl sites for hydroxylation is 1. The van der Waals surface area contributed by atoms with Crippen LogP contribution in [-0.2, 0) is 0 Å². The maximum atomic E-state index is 13.1. The van der Waals surface area contributed by atoms with Crippen molar-refractivity contribution in [2.45, 2.75) is 57.8 Å². The number of alkyl halides is 3. The molecule has 1 aromatic carbocycles. The lowest BCUT2D eigenvalue weighted by atomic mass is 9.83. The number of halogens is 3. The largest absolute Gasteiger partial charge is 0.393 e. The van der Waals surface area contributed by atoms with E-state index in [1.54, 1.807) is 0 Å². The minimum absolute atomic E-state index is 0.0523. The van der Waals surface area contributed by atoms with Crippen LogP contribution in [0.1, 0.15) is 49.8 Å². The third-order valence-electron chi connectivity index (χ3n) is 4.23. The van der Waals surface area contributed by atoms with E-state index in [0.29, 0.717) is 12.8 Å². The van der Waals surface area contributed by atoms with Crippen LogP contribution < -0.4 is 5.32 Å². The molecule has 0 aliphatic heterocycles. The summed E-state index contributed by atoms with van der Waals surface area (Å²) in [6.07, 6.45) is -1.67. The van der Waals surface area contributed by atoms with Gasteiger partial charge in [-0.2, -0.15) is 13.2 Å². The van der Waals surface area contributed by atoms with Crippen LogP contribution in [0.25, 0.3) is 0 Å². The molecule has 0 radical (unpaired) electrons. The van der Waals surface area contributed by atoms with E-state index in [4.69, 9.17) is 0 Å². The SMILES string of the molecule is Cc1ccc([C@H](C)NC2CCCCC2C(F)(F)F)cc1.